The van der Waals surface area contributed by atoms with Gasteiger partial charge >= 0.3 is 6.09 Å². The van der Waals surface area contributed by atoms with Crippen molar-refractivity contribution in [2.75, 3.05) is 26.2 Å². The topological polar surface area (TPSA) is 80.8 Å². The molecule has 0 unspecified atom stereocenters. The van der Waals surface area contributed by atoms with Crippen molar-refractivity contribution in [2.24, 2.45) is 0 Å². The SMILES string of the molecule is CC(C)(C)OC(=O)N1CCC(n2cccc2C(=O)N2CCC(c3nc4ccccc4o3)CC2)CC1. The molecule has 2 saturated heterocycles. The molecule has 0 bridgehead atoms. The molecule has 0 spiro atoms. The summed E-state index contributed by atoms with van der Waals surface area (Å²) in [6.07, 6.45) is 5.01. The van der Waals surface area contributed by atoms with Gasteiger partial charge in [0.2, 0.25) is 0 Å². The highest BCUT2D eigenvalue weighted by Crippen LogP contribution is 2.31. The molecule has 0 saturated carbocycles. The lowest BCUT2D eigenvalue weighted by molar-refractivity contribution is 0.0186. The number of amides is 2. The van der Waals surface area contributed by atoms with E-state index in [0.717, 1.165) is 48.4 Å². The van der Waals surface area contributed by atoms with Gasteiger partial charge in [-0.3, -0.25) is 4.79 Å². The number of oxazole rings is 1. The Morgan fingerprint density at radius 3 is 2.31 bits per heavy atom. The standard InChI is InChI=1S/C27H34N4O4/c1-27(2,3)35-26(33)30-17-12-20(13-18-30)31-14-6-8-22(31)25(32)29-15-10-19(11-16-29)24-28-21-7-4-5-9-23(21)34-24/h4-9,14,19-20H,10-13,15-18H2,1-3H3. The fraction of sp³-hybridized carbons (Fsp3) is 0.519. The number of fused-ring (bicyclic) bond motifs is 1. The predicted octanol–water partition coefficient (Wildman–Crippen LogP) is 5.22. The van der Waals surface area contributed by atoms with Gasteiger partial charge in [-0.1, -0.05) is 12.1 Å². The van der Waals surface area contributed by atoms with Crippen molar-refractivity contribution >= 4 is 23.1 Å². The Bertz CT molecular complexity index is 1160. The van der Waals surface area contributed by atoms with Gasteiger partial charge in [0.1, 0.15) is 16.8 Å². The fourth-order valence-electron chi connectivity index (χ4n) is 5.10. The van der Waals surface area contributed by atoms with Gasteiger partial charge in [-0.25, -0.2) is 9.78 Å². The summed E-state index contributed by atoms with van der Waals surface area (Å²) >= 11 is 0. The summed E-state index contributed by atoms with van der Waals surface area (Å²) in [5.74, 6) is 1.08. The second-order valence-corrected chi connectivity index (χ2v) is 10.6. The minimum Gasteiger partial charge on any atom is -0.444 e. The lowest BCUT2D eigenvalue weighted by Gasteiger charge is -2.35. The van der Waals surface area contributed by atoms with E-state index in [1.807, 2.05) is 68.3 Å². The van der Waals surface area contributed by atoms with Crippen molar-refractivity contribution < 1.29 is 18.7 Å². The Morgan fingerprint density at radius 1 is 0.943 bits per heavy atom. The van der Waals surface area contributed by atoms with Crippen LogP contribution in [0.5, 0.6) is 0 Å². The number of para-hydroxylation sites is 2. The highest BCUT2D eigenvalue weighted by Gasteiger charge is 2.31. The molecular weight excluding hydrogens is 444 g/mol. The molecule has 2 aliphatic rings. The highest BCUT2D eigenvalue weighted by molar-refractivity contribution is 5.93. The van der Waals surface area contributed by atoms with E-state index >= 15 is 0 Å². The quantitative estimate of drug-likeness (QED) is 0.515. The Kier molecular flexibility index (Phi) is 6.30. The maximum absolute atomic E-state index is 13.4. The van der Waals surface area contributed by atoms with E-state index in [-0.39, 0.29) is 24.0 Å². The third kappa shape index (κ3) is 5.06. The third-order valence-electron chi connectivity index (χ3n) is 6.95. The number of ether oxygens (including phenoxy) is 1. The molecule has 2 aliphatic heterocycles. The van der Waals surface area contributed by atoms with Crippen LogP contribution < -0.4 is 0 Å². The number of benzene rings is 1. The van der Waals surface area contributed by atoms with Gasteiger partial charge in [-0.2, -0.15) is 0 Å². The number of nitrogens with zero attached hydrogens (tertiary/aromatic N) is 4. The van der Waals surface area contributed by atoms with Crippen LogP contribution in [0.4, 0.5) is 4.79 Å². The van der Waals surface area contributed by atoms with Crippen LogP contribution in [0, 0.1) is 0 Å². The summed E-state index contributed by atoms with van der Waals surface area (Å²) < 4.78 is 13.6. The maximum Gasteiger partial charge on any atom is 0.410 e. The summed E-state index contributed by atoms with van der Waals surface area (Å²) in [7, 11) is 0. The van der Waals surface area contributed by atoms with Gasteiger partial charge in [0, 0.05) is 44.3 Å². The van der Waals surface area contributed by atoms with Crippen molar-refractivity contribution in [3.63, 3.8) is 0 Å². The summed E-state index contributed by atoms with van der Waals surface area (Å²) in [5, 5.41) is 0. The number of rotatable bonds is 3. The monoisotopic (exact) mass is 478 g/mol. The van der Waals surface area contributed by atoms with Crippen LogP contribution in [0.3, 0.4) is 0 Å². The number of carbonyl (C=O) groups excluding carboxylic acids is 2. The van der Waals surface area contributed by atoms with Crippen LogP contribution >= 0.6 is 0 Å². The van der Waals surface area contributed by atoms with E-state index in [1.165, 1.54) is 0 Å². The maximum atomic E-state index is 13.4. The first kappa shape index (κ1) is 23.5. The van der Waals surface area contributed by atoms with E-state index in [0.29, 0.717) is 26.2 Å². The molecule has 5 rings (SSSR count). The minimum absolute atomic E-state index is 0.0700. The number of hydrogen-bond acceptors (Lipinski definition) is 5. The largest absolute Gasteiger partial charge is 0.444 e. The van der Waals surface area contributed by atoms with E-state index in [9.17, 15) is 9.59 Å². The number of aromatic nitrogens is 2. The van der Waals surface area contributed by atoms with Gasteiger partial charge in [0.25, 0.3) is 5.91 Å². The molecule has 0 aliphatic carbocycles. The smallest absolute Gasteiger partial charge is 0.410 e. The summed E-state index contributed by atoms with van der Waals surface area (Å²) in [4.78, 5) is 34.2. The van der Waals surface area contributed by atoms with E-state index in [2.05, 4.69) is 9.55 Å². The molecule has 4 heterocycles. The number of likely N-dealkylation sites (tertiary alicyclic amines) is 2. The normalized spacial score (nSPS) is 18.3. The molecule has 2 amide bonds. The van der Waals surface area contributed by atoms with Crippen molar-refractivity contribution in [3.8, 4) is 0 Å². The van der Waals surface area contributed by atoms with E-state index < -0.39 is 5.60 Å². The van der Waals surface area contributed by atoms with Gasteiger partial charge in [0.05, 0.1) is 0 Å². The molecule has 35 heavy (non-hydrogen) atoms. The first-order chi connectivity index (χ1) is 16.8. The Morgan fingerprint density at radius 2 is 1.63 bits per heavy atom. The van der Waals surface area contributed by atoms with Gasteiger partial charge in [-0.15, -0.1) is 0 Å². The van der Waals surface area contributed by atoms with Crippen molar-refractivity contribution in [2.45, 2.75) is 64.0 Å². The fourth-order valence-corrected chi connectivity index (χ4v) is 5.10. The minimum atomic E-state index is -0.498. The molecule has 1 aromatic carbocycles. The predicted molar refractivity (Wildman–Crippen MR) is 132 cm³/mol. The van der Waals surface area contributed by atoms with Crippen molar-refractivity contribution in [1.29, 1.82) is 0 Å². The molecule has 3 aromatic rings. The van der Waals surface area contributed by atoms with Crippen LogP contribution in [-0.4, -0.2) is 63.1 Å². The first-order valence-corrected chi connectivity index (χ1v) is 12.6. The summed E-state index contributed by atoms with van der Waals surface area (Å²) in [5.41, 5.74) is 1.93. The van der Waals surface area contributed by atoms with Crippen LogP contribution in [-0.2, 0) is 4.74 Å². The second kappa shape index (κ2) is 9.40. The zero-order valence-corrected chi connectivity index (χ0v) is 20.8. The number of piperidine rings is 2. The van der Waals surface area contributed by atoms with Crippen LogP contribution in [0.1, 0.15) is 74.8 Å². The summed E-state index contributed by atoms with van der Waals surface area (Å²) in [6.45, 7) is 8.26. The molecule has 0 N–H and O–H groups in total. The average Bonchev–Trinajstić information content (AvgIpc) is 3.50. The van der Waals surface area contributed by atoms with E-state index in [1.54, 1.807) is 4.90 Å². The van der Waals surface area contributed by atoms with Crippen LogP contribution in [0.15, 0.2) is 47.0 Å². The lowest BCUT2D eigenvalue weighted by atomic mass is 9.96. The molecule has 8 heteroatoms. The Balaban J connectivity index is 1.18. The van der Waals surface area contributed by atoms with Gasteiger partial charge in [0.15, 0.2) is 11.5 Å². The first-order valence-electron chi connectivity index (χ1n) is 12.6. The number of hydrogen-bond donors (Lipinski definition) is 0. The van der Waals surface area contributed by atoms with Crippen LogP contribution in [0.25, 0.3) is 11.1 Å². The molecule has 8 nitrogen and oxygen atoms in total. The molecule has 2 aromatic heterocycles. The molecular formula is C27H34N4O4. The molecule has 2 fully saturated rings. The van der Waals surface area contributed by atoms with Crippen molar-refractivity contribution in [1.82, 2.24) is 19.4 Å². The van der Waals surface area contributed by atoms with Crippen molar-refractivity contribution in [3.05, 3.63) is 54.2 Å². The van der Waals surface area contributed by atoms with E-state index in [4.69, 9.17) is 9.15 Å². The molecule has 0 atom stereocenters. The second-order valence-electron chi connectivity index (χ2n) is 10.6. The van der Waals surface area contributed by atoms with Gasteiger partial charge < -0.3 is 23.5 Å². The average molecular weight is 479 g/mol. The Labute approximate surface area is 205 Å². The third-order valence-corrected chi connectivity index (χ3v) is 6.95. The van der Waals surface area contributed by atoms with Crippen LogP contribution in [0.2, 0.25) is 0 Å². The summed E-state index contributed by atoms with van der Waals surface area (Å²) in [6, 6.07) is 11.9. The zero-order valence-electron chi connectivity index (χ0n) is 20.8. The van der Waals surface area contributed by atoms with Gasteiger partial charge in [-0.05, 0) is 70.7 Å². The lowest BCUT2D eigenvalue weighted by Crippen LogP contribution is -2.43. The Hall–Kier alpha value is -3.29. The highest BCUT2D eigenvalue weighted by atomic mass is 16.6. The molecule has 0 radical (unpaired) electrons. The molecule has 186 valence electrons. The number of carbonyl (C=O) groups is 2. The zero-order chi connectivity index (χ0) is 24.6.